The molecule has 2 aromatic carbocycles. The molecule has 0 aliphatic carbocycles. The monoisotopic (exact) mass is 1840 g/mol. The third-order valence-corrected chi connectivity index (χ3v) is 20.9. The summed E-state index contributed by atoms with van der Waals surface area (Å²) in [5.41, 5.74) is 0. The second-order valence-corrected chi connectivity index (χ2v) is 45.2. The van der Waals surface area contributed by atoms with E-state index in [9.17, 15) is 36.5 Å². The average molecular weight is 1840 g/mol. The molecule has 28 heteroatoms. The van der Waals surface area contributed by atoms with E-state index in [0.717, 1.165) is 25.7 Å². The molecule has 0 N–H and O–H groups in total. The Hall–Kier alpha value is -0.520. The molecule has 0 spiro atoms. The quantitative estimate of drug-likeness (QED) is 0.0441. The highest BCUT2D eigenvalue weighted by molar-refractivity contribution is 7.58. The summed E-state index contributed by atoms with van der Waals surface area (Å²) < 4.78 is 150. The minimum absolute atomic E-state index is 0. The van der Waals surface area contributed by atoms with Gasteiger partial charge in [0.2, 0.25) is 0 Å². The largest absolute Gasteiger partial charge is 0.587 e. The number of phosphoric ester groups is 2. The Balaban J connectivity index is -0.0000000484. The maximum atomic E-state index is 12.8. The molecular weight excluding hydrogens is 1620 g/mol. The van der Waals surface area contributed by atoms with Crippen LogP contribution in [0.15, 0.2) is 60.7 Å². The minimum Gasteiger partial charge on any atom is -0.395 e. The van der Waals surface area contributed by atoms with E-state index in [0.29, 0.717) is 71.0 Å². The van der Waals surface area contributed by atoms with Gasteiger partial charge < -0.3 is 36.2 Å². The number of benzene rings is 2. The third kappa shape index (κ3) is 164. The number of rotatable bonds is 52. The van der Waals surface area contributed by atoms with E-state index >= 15 is 0 Å². The fourth-order valence-electron chi connectivity index (χ4n) is 8.53. The van der Waals surface area contributed by atoms with Crippen molar-refractivity contribution in [2.75, 3.05) is 146 Å². The summed E-state index contributed by atoms with van der Waals surface area (Å²) in [6.45, 7) is 43.2. The highest BCUT2D eigenvalue weighted by Crippen LogP contribution is 2.51. The fraction of sp³-hybridized carbons (Fsp3) is 0.864. The molecule has 0 aliphatic rings. The molecule has 0 fully saturated rings. The number of hydrogen-bond donors (Lipinski definition) is 0. The standard InChI is InChI=1S/C34H71O4P.C14H15O4P.6C4H11O2P.16CH4/c1-4-7-9-11-13-15-17-19-21-23-25-27-29-31-33-37-39(35,36-6-3)38-34-32-30-28-26-24-22-20-18-16-14-12-10-8-5-2;1-2-16-19(15,17-13-9-5-3-6-10-13)18-14-11-7-4-8-12-14;6*1-4-6-7(2,3)5;;;;;;;;;;;;;;;;/h4-34H2,1-3H3;3-12H,2H2,1H3;6*4H2,1-3H3;16*1H4. The van der Waals surface area contributed by atoms with Crippen molar-refractivity contribution in [3.05, 3.63) is 60.7 Å². The first-order valence-electron chi connectivity index (χ1n) is 37.2. The SMILES string of the molecule is C.C.C.C.C.C.C.C.C.C.C.C.C.C.C.C.CCCCCCCCCCCCCCCCOP(=O)(OCC)OCCCCCCCCCCCCCCCC.CCOP(=O)(Oc1ccccc1)Oc1ccccc1.CCOP(C)(C)=O.CCOP(C)(C)=O.CCOP(C)(C)=O.CCOP(C)(C)=O.CCOP(C)(C)=O.CCOP(C)(C)=O. The molecular formula is C88H216O20P8. The van der Waals surface area contributed by atoms with Gasteiger partial charge in [-0.3, -0.25) is 45.5 Å². The first-order chi connectivity index (χ1) is 46.8. The molecule has 0 aliphatic heterocycles. The van der Waals surface area contributed by atoms with Gasteiger partial charge in [0.05, 0.1) is 66.1 Å². The Morgan fingerprint density at radius 2 is 0.336 bits per heavy atom. The summed E-state index contributed by atoms with van der Waals surface area (Å²) >= 11 is 0. The molecule has 0 aromatic heterocycles. The van der Waals surface area contributed by atoms with Crippen molar-refractivity contribution in [3.8, 4) is 11.5 Å². The van der Waals surface area contributed by atoms with Gasteiger partial charge in [0.25, 0.3) is 0 Å². The molecule has 2 rings (SSSR count). The maximum absolute atomic E-state index is 12.8. The van der Waals surface area contributed by atoms with Crippen LogP contribution in [0.1, 0.15) is 368 Å². The van der Waals surface area contributed by atoms with Crippen LogP contribution in [0.3, 0.4) is 0 Å². The number of phosphoric acid groups is 2. The van der Waals surface area contributed by atoms with Crippen LogP contribution in [0.2, 0.25) is 0 Å². The van der Waals surface area contributed by atoms with Crippen molar-refractivity contribution >= 4 is 59.9 Å². The summed E-state index contributed by atoms with van der Waals surface area (Å²) in [5, 5.41) is 0. The average Bonchev–Trinajstić information content (AvgIpc) is 0.850. The molecule has 20 nitrogen and oxygen atoms in total. The fourth-order valence-corrected chi connectivity index (χ4v) is 14.7. The van der Waals surface area contributed by atoms with Crippen molar-refractivity contribution in [1.82, 2.24) is 0 Å². The zero-order chi connectivity index (χ0) is 77.6. The summed E-state index contributed by atoms with van der Waals surface area (Å²) in [7, 11) is -20.0. The van der Waals surface area contributed by atoms with E-state index in [1.807, 2.05) is 60.6 Å². The van der Waals surface area contributed by atoms with Crippen LogP contribution in [-0.2, 0) is 81.8 Å². The van der Waals surface area contributed by atoms with Gasteiger partial charge in [-0.2, -0.15) is 0 Å². The smallest absolute Gasteiger partial charge is 0.395 e. The van der Waals surface area contributed by atoms with Crippen LogP contribution < -0.4 is 9.05 Å². The highest BCUT2D eigenvalue weighted by Gasteiger charge is 2.30. The Bertz CT molecular complexity index is 2180. The molecule has 0 saturated heterocycles. The topological polar surface area (TPSA) is 247 Å². The number of unbranched alkanes of at least 4 members (excludes halogenated alkanes) is 26. The maximum Gasteiger partial charge on any atom is 0.587 e. The molecule has 0 radical (unpaired) electrons. The normalized spacial score (nSPS) is 10.1. The lowest BCUT2D eigenvalue weighted by atomic mass is 10.0. The molecule has 0 saturated carbocycles. The number of hydrogen-bond acceptors (Lipinski definition) is 20. The molecule has 728 valence electrons. The van der Waals surface area contributed by atoms with Crippen LogP contribution >= 0.6 is 59.9 Å². The van der Waals surface area contributed by atoms with E-state index < -0.39 is 59.9 Å². The lowest BCUT2D eigenvalue weighted by molar-refractivity contribution is 0.114. The van der Waals surface area contributed by atoms with E-state index in [1.54, 1.807) is 135 Å². The van der Waals surface area contributed by atoms with Gasteiger partial charge in [0.15, 0.2) is 44.2 Å². The predicted molar refractivity (Wildman–Crippen MR) is 539 cm³/mol. The van der Waals surface area contributed by atoms with Gasteiger partial charge in [-0.15, -0.1) is 0 Å². The zero-order valence-corrected chi connectivity index (χ0v) is 74.5. The molecule has 0 unspecified atom stereocenters. The first kappa shape index (κ1) is 173. The molecule has 0 atom stereocenters. The van der Waals surface area contributed by atoms with Crippen LogP contribution in [0.4, 0.5) is 0 Å². The highest BCUT2D eigenvalue weighted by atomic mass is 31.2. The molecule has 116 heavy (non-hydrogen) atoms. The van der Waals surface area contributed by atoms with Crippen molar-refractivity contribution in [1.29, 1.82) is 0 Å². The first-order valence-corrected chi connectivity index (χ1v) is 55.2. The number of para-hydroxylation sites is 2. The van der Waals surface area contributed by atoms with Gasteiger partial charge in [0.1, 0.15) is 11.5 Å². The van der Waals surface area contributed by atoms with Gasteiger partial charge in [-0.25, -0.2) is 9.13 Å². The van der Waals surface area contributed by atoms with E-state index in [4.69, 9.17) is 54.3 Å². The van der Waals surface area contributed by atoms with E-state index in [-0.39, 0.29) is 125 Å². The second kappa shape index (κ2) is 114. The molecule has 2 aromatic rings. The predicted octanol–water partition coefficient (Wildman–Crippen LogP) is 37.0. The van der Waals surface area contributed by atoms with Crippen LogP contribution in [0.5, 0.6) is 11.5 Å². The summed E-state index contributed by atoms with van der Waals surface area (Å²) in [6, 6.07) is 17.6. The second-order valence-electron chi connectivity index (χ2n) is 25.4. The van der Waals surface area contributed by atoms with Crippen LogP contribution in [0.25, 0.3) is 0 Å². The van der Waals surface area contributed by atoms with Crippen LogP contribution in [-0.4, -0.2) is 146 Å². The van der Waals surface area contributed by atoms with E-state index in [1.165, 1.54) is 154 Å². The van der Waals surface area contributed by atoms with Gasteiger partial charge >= 0.3 is 15.6 Å². The van der Waals surface area contributed by atoms with Crippen molar-refractivity contribution in [3.63, 3.8) is 0 Å². The van der Waals surface area contributed by atoms with E-state index in [2.05, 4.69) is 13.8 Å². The van der Waals surface area contributed by atoms with Crippen molar-refractivity contribution < 1.29 is 90.8 Å². The summed E-state index contributed by atoms with van der Waals surface area (Å²) in [6.07, 6.45) is 37.1. The molecule has 0 amide bonds. The van der Waals surface area contributed by atoms with Gasteiger partial charge in [-0.05, 0) is 92.5 Å². The molecule has 0 bridgehead atoms. The lowest BCUT2D eigenvalue weighted by Crippen LogP contribution is -2.04. The summed E-state index contributed by atoms with van der Waals surface area (Å²) in [5.74, 6) is 0.880. The third-order valence-electron chi connectivity index (χ3n) is 12.6. The van der Waals surface area contributed by atoms with Gasteiger partial charge in [-0.1, -0.05) is 336 Å². The van der Waals surface area contributed by atoms with Gasteiger partial charge in [0, 0.05) is 80.0 Å². The Morgan fingerprint density at radius 3 is 0.474 bits per heavy atom. The van der Waals surface area contributed by atoms with Crippen LogP contribution in [0, 0.1) is 0 Å². The minimum atomic E-state index is -3.66. The zero-order valence-electron chi connectivity index (χ0n) is 67.4. The molecule has 0 heterocycles. The Labute approximate surface area is 732 Å². The summed E-state index contributed by atoms with van der Waals surface area (Å²) in [4.78, 5) is 0. The van der Waals surface area contributed by atoms with Crippen molar-refractivity contribution in [2.24, 2.45) is 0 Å². The van der Waals surface area contributed by atoms with Crippen molar-refractivity contribution in [2.45, 2.75) is 368 Å². The Kier molecular flexibility index (Phi) is 171. The lowest BCUT2D eigenvalue weighted by Gasteiger charge is -2.18. The Morgan fingerprint density at radius 1 is 0.190 bits per heavy atom.